The first-order valence-corrected chi connectivity index (χ1v) is 8.93. The monoisotopic (exact) mass is 293 g/mol. The van der Waals surface area contributed by atoms with Gasteiger partial charge in [-0.3, -0.25) is 9.00 Å². The molecule has 0 bridgehead atoms. The van der Waals surface area contributed by atoms with Gasteiger partial charge in [0.15, 0.2) is 0 Å². The Balaban J connectivity index is 2.17. The predicted molar refractivity (Wildman–Crippen MR) is 83.3 cm³/mol. The molecule has 1 amide bonds. The van der Waals surface area contributed by atoms with Crippen LogP contribution in [0.15, 0.2) is 24.3 Å². The highest BCUT2D eigenvalue weighted by molar-refractivity contribution is 7.84. The van der Waals surface area contributed by atoms with Crippen LogP contribution in [-0.4, -0.2) is 28.7 Å². The van der Waals surface area contributed by atoms with Gasteiger partial charge in [0.25, 0.3) is 0 Å². The Bertz CT molecular complexity index is 507. The number of aryl methyl sites for hydroxylation is 1. The summed E-state index contributed by atoms with van der Waals surface area (Å²) < 4.78 is 11.1. The Labute approximate surface area is 123 Å². The molecule has 20 heavy (non-hydrogen) atoms. The number of carbonyl (C=O) groups excluding carboxylic acids is 1. The summed E-state index contributed by atoms with van der Waals surface area (Å²) in [6, 6.07) is 8.28. The van der Waals surface area contributed by atoms with Gasteiger partial charge in [-0.15, -0.1) is 0 Å². The third-order valence-electron chi connectivity index (χ3n) is 4.14. The van der Waals surface area contributed by atoms with Crippen molar-refractivity contribution in [3.05, 3.63) is 35.4 Å². The van der Waals surface area contributed by atoms with E-state index in [-0.39, 0.29) is 11.3 Å². The fourth-order valence-corrected chi connectivity index (χ4v) is 3.44. The summed E-state index contributed by atoms with van der Waals surface area (Å²) in [7, 11) is -0.860. The minimum atomic E-state index is -0.860. The van der Waals surface area contributed by atoms with E-state index in [1.165, 1.54) is 5.56 Å². The van der Waals surface area contributed by atoms with E-state index in [1.54, 1.807) is 6.26 Å². The fraction of sp³-hybridized carbons (Fsp3) is 0.562. The molecule has 0 spiro atoms. The Morgan fingerprint density at radius 1 is 1.35 bits per heavy atom. The molecule has 0 aliphatic heterocycles. The van der Waals surface area contributed by atoms with E-state index >= 15 is 0 Å². The molecule has 1 unspecified atom stereocenters. The Morgan fingerprint density at radius 2 is 2.05 bits per heavy atom. The van der Waals surface area contributed by atoms with Crippen molar-refractivity contribution < 1.29 is 9.00 Å². The number of rotatable bonds is 5. The molecular weight excluding hydrogens is 270 g/mol. The van der Waals surface area contributed by atoms with Crippen LogP contribution in [0.4, 0.5) is 0 Å². The van der Waals surface area contributed by atoms with Crippen molar-refractivity contribution in [3.8, 4) is 0 Å². The molecule has 1 aromatic rings. The molecule has 0 radical (unpaired) electrons. The number of hydrogen-bond acceptors (Lipinski definition) is 2. The quantitative estimate of drug-likeness (QED) is 0.905. The van der Waals surface area contributed by atoms with E-state index in [9.17, 15) is 9.00 Å². The number of amides is 1. The molecule has 2 rings (SSSR count). The highest BCUT2D eigenvalue weighted by Crippen LogP contribution is 2.41. The van der Waals surface area contributed by atoms with Crippen LogP contribution in [-0.2, 0) is 21.0 Å². The third kappa shape index (κ3) is 3.29. The summed E-state index contributed by atoms with van der Waals surface area (Å²) >= 11 is 0. The highest BCUT2D eigenvalue weighted by atomic mass is 32.2. The predicted octanol–water partition coefficient (Wildman–Crippen LogP) is 2.30. The molecule has 1 aromatic carbocycles. The lowest BCUT2D eigenvalue weighted by Crippen LogP contribution is -2.43. The first-order valence-electron chi connectivity index (χ1n) is 7.20. The van der Waals surface area contributed by atoms with E-state index in [0.29, 0.717) is 12.3 Å². The van der Waals surface area contributed by atoms with Gasteiger partial charge in [-0.2, -0.15) is 0 Å². The van der Waals surface area contributed by atoms with Crippen LogP contribution in [0.2, 0.25) is 0 Å². The first kappa shape index (κ1) is 15.2. The average Bonchev–Trinajstić information content (AvgIpc) is 2.88. The number of benzene rings is 1. The van der Waals surface area contributed by atoms with Crippen molar-refractivity contribution in [2.75, 3.05) is 18.6 Å². The van der Waals surface area contributed by atoms with Gasteiger partial charge in [0.2, 0.25) is 5.91 Å². The smallest absolute Gasteiger partial charge is 0.230 e. The molecule has 0 saturated heterocycles. The second kappa shape index (κ2) is 6.53. The zero-order valence-electron chi connectivity index (χ0n) is 12.3. The molecule has 0 aromatic heterocycles. The largest absolute Gasteiger partial charge is 0.354 e. The van der Waals surface area contributed by atoms with Gasteiger partial charge in [0, 0.05) is 29.4 Å². The van der Waals surface area contributed by atoms with E-state index in [4.69, 9.17) is 0 Å². The summed E-state index contributed by atoms with van der Waals surface area (Å²) in [6.45, 7) is 2.56. The molecular formula is C16H23NO2S. The summed E-state index contributed by atoms with van der Waals surface area (Å²) in [5, 5.41) is 2.98. The van der Waals surface area contributed by atoms with Crippen molar-refractivity contribution in [3.63, 3.8) is 0 Å². The van der Waals surface area contributed by atoms with Crippen molar-refractivity contribution in [1.82, 2.24) is 5.32 Å². The van der Waals surface area contributed by atoms with E-state index in [1.807, 2.05) is 6.07 Å². The zero-order chi connectivity index (χ0) is 14.6. The number of hydrogen-bond donors (Lipinski definition) is 1. The van der Waals surface area contributed by atoms with Crippen LogP contribution in [0.25, 0.3) is 0 Å². The van der Waals surface area contributed by atoms with Crippen LogP contribution >= 0.6 is 0 Å². The lowest BCUT2D eigenvalue weighted by atomic mass is 9.77. The number of nitrogens with one attached hydrogen (secondary N) is 1. The molecule has 1 aliphatic rings. The molecule has 4 heteroatoms. The Kier molecular flexibility index (Phi) is 4.97. The van der Waals surface area contributed by atoms with Crippen LogP contribution in [0.3, 0.4) is 0 Å². The molecule has 1 fully saturated rings. The SMILES string of the molecule is Cc1cccc(C2(C(=O)NCCS(C)=O)CCCC2)c1. The van der Waals surface area contributed by atoms with Gasteiger partial charge in [0.1, 0.15) is 0 Å². The second-order valence-electron chi connectivity index (χ2n) is 5.69. The first-order chi connectivity index (χ1) is 9.54. The van der Waals surface area contributed by atoms with Gasteiger partial charge in [-0.25, -0.2) is 0 Å². The molecule has 1 N–H and O–H groups in total. The van der Waals surface area contributed by atoms with Crippen LogP contribution in [0.5, 0.6) is 0 Å². The molecule has 3 nitrogen and oxygen atoms in total. The van der Waals surface area contributed by atoms with Gasteiger partial charge < -0.3 is 5.32 Å². The van der Waals surface area contributed by atoms with E-state index in [0.717, 1.165) is 31.2 Å². The summed E-state index contributed by atoms with van der Waals surface area (Å²) in [5.41, 5.74) is 1.95. The molecule has 0 heterocycles. The summed E-state index contributed by atoms with van der Waals surface area (Å²) in [6.07, 6.45) is 5.69. The van der Waals surface area contributed by atoms with Crippen molar-refractivity contribution in [1.29, 1.82) is 0 Å². The maximum Gasteiger partial charge on any atom is 0.230 e. The van der Waals surface area contributed by atoms with E-state index < -0.39 is 10.8 Å². The molecule has 110 valence electrons. The van der Waals surface area contributed by atoms with Crippen LogP contribution < -0.4 is 5.32 Å². The molecule has 1 saturated carbocycles. The van der Waals surface area contributed by atoms with Gasteiger partial charge in [-0.1, -0.05) is 42.7 Å². The minimum Gasteiger partial charge on any atom is -0.354 e. The third-order valence-corrected chi connectivity index (χ3v) is 4.92. The van der Waals surface area contributed by atoms with E-state index in [2.05, 4.69) is 30.4 Å². The summed E-state index contributed by atoms with van der Waals surface area (Å²) in [4.78, 5) is 12.7. The minimum absolute atomic E-state index is 0.103. The maximum absolute atomic E-state index is 12.7. The maximum atomic E-state index is 12.7. The van der Waals surface area contributed by atoms with Crippen molar-refractivity contribution in [2.24, 2.45) is 0 Å². The summed E-state index contributed by atoms with van der Waals surface area (Å²) in [5.74, 6) is 0.626. The second-order valence-corrected chi connectivity index (χ2v) is 7.25. The van der Waals surface area contributed by atoms with Gasteiger partial charge in [-0.05, 0) is 25.3 Å². The highest BCUT2D eigenvalue weighted by Gasteiger charge is 2.42. The van der Waals surface area contributed by atoms with Crippen molar-refractivity contribution >= 4 is 16.7 Å². The standard InChI is InChI=1S/C16H23NO2S/c1-13-6-5-7-14(12-13)16(8-3-4-9-16)15(18)17-10-11-20(2)19/h5-7,12H,3-4,8-11H2,1-2H3,(H,17,18). The zero-order valence-corrected chi connectivity index (χ0v) is 13.1. The average molecular weight is 293 g/mol. The normalized spacial score (nSPS) is 18.7. The number of carbonyl (C=O) groups is 1. The van der Waals surface area contributed by atoms with Gasteiger partial charge in [0.05, 0.1) is 5.41 Å². The molecule has 1 aliphatic carbocycles. The lowest BCUT2D eigenvalue weighted by Gasteiger charge is -2.28. The van der Waals surface area contributed by atoms with Crippen LogP contribution in [0.1, 0.15) is 36.8 Å². The Hall–Kier alpha value is -1.16. The van der Waals surface area contributed by atoms with Crippen LogP contribution in [0, 0.1) is 6.92 Å². The van der Waals surface area contributed by atoms with Gasteiger partial charge >= 0.3 is 0 Å². The fourth-order valence-electron chi connectivity index (χ4n) is 3.05. The molecule has 1 atom stereocenters. The Morgan fingerprint density at radius 3 is 2.65 bits per heavy atom. The van der Waals surface area contributed by atoms with Crippen molar-refractivity contribution in [2.45, 2.75) is 38.0 Å². The topological polar surface area (TPSA) is 46.2 Å². The lowest BCUT2D eigenvalue weighted by molar-refractivity contribution is -0.126.